The zero-order valence-corrected chi connectivity index (χ0v) is 41.7. The molecule has 27 atom stereocenters. The summed E-state index contributed by atoms with van der Waals surface area (Å²) in [6, 6.07) is 0. The minimum atomic E-state index is -3.30. The van der Waals surface area contributed by atoms with Crippen molar-refractivity contribution < 1.29 is 70.5 Å². The van der Waals surface area contributed by atoms with E-state index in [-0.39, 0.29) is 113 Å². The van der Waals surface area contributed by atoms with Crippen LogP contribution in [0.1, 0.15) is 157 Å². The van der Waals surface area contributed by atoms with Gasteiger partial charge in [0.15, 0.2) is 11.6 Å². The predicted octanol–water partition coefficient (Wildman–Crippen LogP) is 3.41. The third-order valence-electron chi connectivity index (χ3n) is 23.6. The molecule has 9 fully saturated rings. The van der Waals surface area contributed by atoms with Crippen molar-refractivity contribution in [1.82, 2.24) is 0 Å². The molecule has 0 aromatic carbocycles. The second-order valence-corrected chi connectivity index (χ2v) is 26.1. The first-order valence-corrected chi connectivity index (χ1v) is 27.1. The number of aliphatic hydroxyl groups is 11. The zero-order chi connectivity index (χ0) is 49.4. The molecule has 14 heteroatoms. The number of carbonyl (C=O) groups is 2. The van der Waals surface area contributed by atoms with E-state index in [4.69, 9.17) is 4.74 Å². The highest BCUT2D eigenvalue weighted by molar-refractivity contribution is 5.99. The maximum absolute atomic E-state index is 14.5. The first-order valence-electron chi connectivity index (χ1n) is 27.1. The van der Waals surface area contributed by atoms with Gasteiger partial charge in [0.25, 0.3) is 5.79 Å². The van der Waals surface area contributed by atoms with Crippen molar-refractivity contribution in [1.29, 1.82) is 0 Å². The molecular formula is C54H88O14. The Hall–Kier alpha value is -1.14. The van der Waals surface area contributed by atoms with Gasteiger partial charge in [0, 0.05) is 12.8 Å². The van der Waals surface area contributed by atoms with Crippen molar-refractivity contribution in [2.24, 2.45) is 92.7 Å². The summed E-state index contributed by atoms with van der Waals surface area (Å²) in [6.45, 7) is 11.8. The second kappa shape index (κ2) is 18.1. The fraction of sp³-hybridized carbons (Fsp3) is 0.963. The number of hydrogen-bond acceptors (Lipinski definition) is 14. The van der Waals surface area contributed by atoms with Gasteiger partial charge in [0.1, 0.15) is 18.3 Å². The van der Waals surface area contributed by atoms with Gasteiger partial charge in [-0.15, -0.1) is 0 Å². The number of hydrogen-bond donors (Lipinski definition) is 11. The van der Waals surface area contributed by atoms with E-state index in [1.807, 2.05) is 13.8 Å². The molecular weight excluding hydrogens is 873 g/mol. The Balaban J connectivity index is 0.881. The van der Waals surface area contributed by atoms with Crippen LogP contribution in [-0.4, -0.2) is 141 Å². The Morgan fingerprint density at radius 1 is 0.574 bits per heavy atom. The number of ether oxygens (including phenoxy) is 1. The van der Waals surface area contributed by atoms with E-state index < -0.39 is 89.5 Å². The number of rotatable bonds is 11. The highest BCUT2D eigenvalue weighted by Crippen LogP contribution is 2.70. The molecule has 0 radical (unpaired) electrons. The van der Waals surface area contributed by atoms with Crippen molar-refractivity contribution >= 4 is 11.6 Å². The van der Waals surface area contributed by atoms with E-state index in [0.29, 0.717) is 44.9 Å². The van der Waals surface area contributed by atoms with Gasteiger partial charge in [-0.05, 0) is 195 Å². The smallest absolute Gasteiger partial charge is 0.266 e. The average molecular weight is 961 g/mol. The van der Waals surface area contributed by atoms with Crippen molar-refractivity contribution in [3.05, 3.63) is 0 Å². The van der Waals surface area contributed by atoms with Crippen molar-refractivity contribution in [3.63, 3.8) is 0 Å². The standard InChI is InChI=1S/C54H88O14/c1-26(32-9-11-34-45-36(23-43(62)51(32,34)5)49(3)17-15-30(56)19-28(49)21-38(45)58)7-13-41(60)53(66)48(65)47(64)40(25-55)68-54(53,67)42(61)14-8-27(2)33-10-12-35-46-37(24-44(63)52(33,35)6)50(4)18-16-31(57)20-29(50)22-39(46)59/h26-40,43-48,55-59,62-67H,7-25H2,1-6H3/t26?,27?,28?,29?,30?,31?,32?,33?,34?,35?,36?,37?,38?,39?,40-,43?,44?,45?,46?,47-,48+,49?,50?,51?,52?,53+,54?/m1/s1. The van der Waals surface area contributed by atoms with Crippen LogP contribution in [0, 0.1) is 92.7 Å². The van der Waals surface area contributed by atoms with Gasteiger partial charge in [0.2, 0.25) is 5.60 Å². The normalized spacial score (nSPS) is 56.2. The van der Waals surface area contributed by atoms with Gasteiger partial charge in [-0.25, -0.2) is 0 Å². The SMILES string of the molecule is CC(CCC(=O)C1(O)O[C@H](CO)[C@@H](O)[C@H](O)[C@@]1(O)C(=O)CCC(C)C1CCC2C3C(O)CC4CC(O)CCC4(C)C3CC(O)C12C)C1CCC2C3C(O)CC4CC(O)CCC4(C)C3CC(O)C12C. The molecule has 1 heterocycles. The minimum absolute atomic E-state index is 0.00507. The molecule has 1 saturated heterocycles. The molecule has 9 aliphatic rings. The summed E-state index contributed by atoms with van der Waals surface area (Å²) in [5.74, 6) is -5.30. The van der Waals surface area contributed by atoms with Crippen LogP contribution < -0.4 is 0 Å². The van der Waals surface area contributed by atoms with Crippen molar-refractivity contribution in [2.45, 2.75) is 223 Å². The maximum Gasteiger partial charge on any atom is 0.266 e. The third kappa shape index (κ3) is 7.42. The van der Waals surface area contributed by atoms with Gasteiger partial charge in [-0.3, -0.25) is 9.59 Å². The molecule has 0 amide bonds. The van der Waals surface area contributed by atoms with Crippen LogP contribution in [0.3, 0.4) is 0 Å². The van der Waals surface area contributed by atoms with E-state index >= 15 is 0 Å². The summed E-state index contributed by atoms with van der Waals surface area (Å²) in [4.78, 5) is 28.9. The van der Waals surface area contributed by atoms with Crippen LogP contribution in [-0.2, 0) is 14.3 Å². The molecule has 0 aromatic heterocycles. The summed E-state index contributed by atoms with van der Waals surface area (Å²) in [7, 11) is 0. The van der Waals surface area contributed by atoms with Crippen LogP contribution in [0.5, 0.6) is 0 Å². The molecule has 0 spiro atoms. The predicted molar refractivity (Wildman–Crippen MR) is 249 cm³/mol. The van der Waals surface area contributed by atoms with Crippen LogP contribution >= 0.6 is 0 Å². The van der Waals surface area contributed by atoms with E-state index in [1.165, 1.54) is 0 Å². The Morgan fingerprint density at radius 3 is 1.43 bits per heavy atom. The lowest BCUT2D eigenvalue weighted by atomic mass is 9.43. The summed E-state index contributed by atoms with van der Waals surface area (Å²) < 4.78 is 5.66. The summed E-state index contributed by atoms with van der Waals surface area (Å²) in [5, 5.41) is 126. The van der Waals surface area contributed by atoms with Crippen LogP contribution in [0.4, 0.5) is 0 Å². The molecule has 0 aromatic rings. The maximum atomic E-state index is 14.5. The van der Waals surface area contributed by atoms with E-state index in [2.05, 4.69) is 27.7 Å². The fourth-order valence-electron chi connectivity index (χ4n) is 19.6. The first-order chi connectivity index (χ1) is 31.8. The Kier molecular flexibility index (Phi) is 13.7. The Bertz CT molecular complexity index is 1880. The van der Waals surface area contributed by atoms with Crippen LogP contribution in [0.2, 0.25) is 0 Å². The van der Waals surface area contributed by atoms with Gasteiger partial charge in [-0.1, -0.05) is 41.5 Å². The Morgan fingerprint density at radius 2 is 1.00 bits per heavy atom. The number of carbonyl (C=O) groups excluding carboxylic acids is 2. The van der Waals surface area contributed by atoms with E-state index in [0.717, 1.165) is 44.9 Å². The van der Waals surface area contributed by atoms with Crippen LogP contribution in [0.25, 0.3) is 0 Å². The number of fused-ring (bicyclic) bond motifs is 10. The largest absolute Gasteiger partial charge is 0.394 e. The lowest BCUT2D eigenvalue weighted by molar-refractivity contribution is -0.357. The quantitative estimate of drug-likeness (QED) is 0.142. The summed E-state index contributed by atoms with van der Waals surface area (Å²) in [6.07, 6.45) is 0.293. The molecule has 388 valence electrons. The Labute approximate surface area is 403 Å². The topological polar surface area (TPSA) is 266 Å². The highest BCUT2D eigenvalue weighted by atomic mass is 16.7. The monoisotopic (exact) mass is 961 g/mol. The highest BCUT2D eigenvalue weighted by Gasteiger charge is 2.71. The number of aliphatic hydroxyl groups excluding tert-OH is 9. The third-order valence-corrected chi connectivity index (χ3v) is 23.6. The molecule has 9 rings (SSSR count). The molecule has 14 nitrogen and oxygen atoms in total. The molecule has 8 saturated carbocycles. The zero-order valence-electron chi connectivity index (χ0n) is 41.7. The second-order valence-electron chi connectivity index (χ2n) is 26.1. The van der Waals surface area contributed by atoms with Crippen molar-refractivity contribution in [2.75, 3.05) is 6.61 Å². The average Bonchev–Trinajstić information content (AvgIpc) is 3.85. The van der Waals surface area contributed by atoms with E-state index in [1.54, 1.807) is 0 Å². The molecule has 0 bridgehead atoms. The fourth-order valence-corrected chi connectivity index (χ4v) is 19.6. The first kappa shape index (κ1) is 51.7. The van der Waals surface area contributed by atoms with Gasteiger partial charge in [0.05, 0.1) is 43.2 Å². The molecule has 23 unspecified atom stereocenters. The molecule has 1 aliphatic heterocycles. The number of ketones is 2. The van der Waals surface area contributed by atoms with Crippen molar-refractivity contribution in [3.8, 4) is 0 Å². The van der Waals surface area contributed by atoms with Crippen LogP contribution in [0.15, 0.2) is 0 Å². The van der Waals surface area contributed by atoms with E-state index in [9.17, 15) is 65.8 Å². The van der Waals surface area contributed by atoms with Gasteiger partial charge >= 0.3 is 0 Å². The minimum Gasteiger partial charge on any atom is -0.394 e. The van der Waals surface area contributed by atoms with Gasteiger partial charge < -0.3 is 60.9 Å². The molecule has 68 heavy (non-hydrogen) atoms. The summed E-state index contributed by atoms with van der Waals surface area (Å²) in [5.41, 5.74) is -4.60. The van der Waals surface area contributed by atoms with Gasteiger partial charge in [-0.2, -0.15) is 0 Å². The summed E-state index contributed by atoms with van der Waals surface area (Å²) >= 11 is 0. The molecule has 8 aliphatic carbocycles. The lowest BCUT2D eigenvalue weighted by Crippen LogP contribution is -2.78. The number of Topliss-reactive ketones (excluding diaryl/α,β-unsaturated/α-hetero) is 2. The lowest BCUT2D eigenvalue weighted by Gasteiger charge is -2.63. The molecule has 11 N–H and O–H groups in total.